The summed E-state index contributed by atoms with van der Waals surface area (Å²) in [7, 11) is 0. The molecule has 1 aromatic carbocycles. The van der Waals surface area contributed by atoms with Crippen LogP contribution in [0.15, 0.2) is 29.2 Å². The van der Waals surface area contributed by atoms with Crippen LogP contribution in [0.5, 0.6) is 0 Å². The van der Waals surface area contributed by atoms with E-state index in [4.69, 9.17) is 4.74 Å². The molecule has 4 heteroatoms. The van der Waals surface area contributed by atoms with Gasteiger partial charge in [0.05, 0.1) is 11.7 Å². The van der Waals surface area contributed by atoms with Gasteiger partial charge in [-0.2, -0.15) is 0 Å². The third-order valence-electron chi connectivity index (χ3n) is 3.01. The number of nitrogens with one attached hydrogen (secondary N) is 1. The van der Waals surface area contributed by atoms with Crippen molar-refractivity contribution in [2.75, 3.05) is 13.2 Å². The maximum atomic E-state index is 12.2. The van der Waals surface area contributed by atoms with Crippen LogP contribution in [0.1, 0.15) is 37.0 Å². The first kappa shape index (κ1) is 14.4. The van der Waals surface area contributed by atoms with E-state index in [-0.39, 0.29) is 12.0 Å². The average molecular weight is 279 g/mol. The molecule has 0 bridgehead atoms. The number of rotatable bonds is 5. The Kier molecular flexibility index (Phi) is 5.28. The molecule has 19 heavy (non-hydrogen) atoms. The summed E-state index contributed by atoms with van der Waals surface area (Å²) in [6, 6.07) is 7.77. The lowest BCUT2D eigenvalue weighted by atomic mass is 10.2. The number of carbonyl (C=O) groups is 1. The summed E-state index contributed by atoms with van der Waals surface area (Å²) in [5.41, 5.74) is 0.763. The second-order valence-electron chi connectivity index (χ2n) is 5.01. The number of carbonyl (C=O) groups excluding carboxylic acids is 1. The van der Waals surface area contributed by atoms with E-state index in [1.165, 1.54) is 0 Å². The smallest absolute Gasteiger partial charge is 0.252 e. The molecule has 1 fully saturated rings. The van der Waals surface area contributed by atoms with Gasteiger partial charge in [-0.3, -0.25) is 4.79 Å². The summed E-state index contributed by atoms with van der Waals surface area (Å²) in [4.78, 5) is 13.3. The fourth-order valence-corrected chi connectivity index (χ4v) is 3.07. The van der Waals surface area contributed by atoms with Gasteiger partial charge in [-0.1, -0.05) is 26.0 Å². The quantitative estimate of drug-likeness (QED) is 0.842. The Balaban J connectivity index is 1.97. The molecule has 1 aliphatic heterocycles. The second kappa shape index (κ2) is 6.96. The standard InChI is InChI=1S/C15H21NO2S/c1-11(2)19-14-8-4-3-7-13(14)15(17)16-10-12-6-5-9-18-12/h3-4,7-8,11-12H,5-6,9-10H2,1-2H3,(H,16,17)/t12-/m1/s1. The van der Waals surface area contributed by atoms with E-state index < -0.39 is 0 Å². The van der Waals surface area contributed by atoms with Gasteiger partial charge >= 0.3 is 0 Å². The molecule has 0 aromatic heterocycles. The molecule has 0 aliphatic carbocycles. The maximum Gasteiger partial charge on any atom is 0.252 e. The third kappa shape index (κ3) is 4.25. The second-order valence-corrected chi connectivity index (χ2v) is 6.63. The van der Waals surface area contributed by atoms with Gasteiger partial charge in [0.2, 0.25) is 0 Å². The van der Waals surface area contributed by atoms with Gasteiger partial charge in [-0.25, -0.2) is 0 Å². The average Bonchev–Trinajstić information content (AvgIpc) is 2.89. The lowest BCUT2D eigenvalue weighted by molar-refractivity contribution is 0.0855. The monoisotopic (exact) mass is 279 g/mol. The molecular weight excluding hydrogens is 258 g/mol. The molecule has 3 nitrogen and oxygen atoms in total. The van der Waals surface area contributed by atoms with Crippen LogP contribution in [-0.4, -0.2) is 30.4 Å². The van der Waals surface area contributed by atoms with Gasteiger partial charge in [0.1, 0.15) is 0 Å². The van der Waals surface area contributed by atoms with Gasteiger partial charge in [0.25, 0.3) is 5.91 Å². The number of hydrogen-bond acceptors (Lipinski definition) is 3. The lowest BCUT2D eigenvalue weighted by Crippen LogP contribution is -2.32. The summed E-state index contributed by atoms with van der Waals surface area (Å²) in [5, 5.41) is 3.44. The summed E-state index contributed by atoms with van der Waals surface area (Å²) < 4.78 is 5.51. The minimum absolute atomic E-state index is 0.000694. The van der Waals surface area contributed by atoms with Crippen LogP contribution in [0, 0.1) is 0 Å². The molecule has 1 atom stereocenters. The topological polar surface area (TPSA) is 38.3 Å². The first-order chi connectivity index (χ1) is 9.16. The van der Waals surface area contributed by atoms with E-state index in [2.05, 4.69) is 19.2 Å². The Morgan fingerprint density at radius 2 is 2.26 bits per heavy atom. The molecule has 0 saturated carbocycles. The van der Waals surface area contributed by atoms with Gasteiger partial charge in [0.15, 0.2) is 0 Å². The van der Waals surface area contributed by atoms with Crippen molar-refractivity contribution in [3.63, 3.8) is 0 Å². The Bertz CT molecular complexity index is 428. The van der Waals surface area contributed by atoms with Gasteiger partial charge < -0.3 is 10.1 Å². The van der Waals surface area contributed by atoms with Crippen LogP contribution in [0.25, 0.3) is 0 Å². The molecule has 0 radical (unpaired) electrons. The minimum Gasteiger partial charge on any atom is -0.376 e. The van der Waals surface area contributed by atoms with Crippen LogP contribution < -0.4 is 5.32 Å². The number of benzene rings is 1. The van der Waals surface area contributed by atoms with E-state index in [1.54, 1.807) is 11.8 Å². The molecule has 1 heterocycles. The summed E-state index contributed by atoms with van der Waals surface area (Å²) in [6.07, 6.45) is 2.33. The molecular formula is C15H21NO2S. The number of amides is 1. The van der Waals surface area contributed by atoms with E-state index in [1.807, 2.05) is 24.3 Å². The van der Waals surface area contributed by atoms with Crippen molar-refractivity contribution in [1.29, 1.82) is 0 Å². The molecule has 1 amide bonds. The molecule has 1 N–H and O–H groups in total. The summed E-state index contributed by atoms with van der Waals surface area (Å²) >= 11 is 1.72. The first-order valence-electron chi connectivity index (χ1n) is 6.82. The fraction of sp³-hybridized carbons (Fsp3) is 0.533. The third-order valence-corrected chi connectivity index (χ3v) is 4.09. The number of ether oxygens (including phenoxy) is 1. The molecule has 104 valence electrons. The Hall–Kier alpha value is -1.00. The Morgan fingerprint density at radius 3 is 2.95 bits per heavy atom. The van der Waals surface area contributed by atoms with Gasteiger partial charge in [-0.05, 0) is 25.0 Å². The number of thioether (sulfide) groups is 1. The Morgan fingerprint density at radius 1 is 1.47 bits per heavy atom. The van der Waals surface area contributed by atoms with Gasteiger partial charge in [-0.15, -0.1) is 11.8 Å². The minimum atomic E-state index is -0.000694. The lowest BCUT2D eigenvalue weighted by Gasteiger charge is -2.13. The van der Waals surface area contributed by atoms with Crippen molar-refractivity contribution in [3.8, 4) is 0 Å². The highest BCUT2D eigenvalue weighted by Crippen LogP contribution is 2.26. The normalized spacial score (nSPS) is 18.8. The van der Waals surface area contributed by atoms with Crippen molar-refractivity contribution in [1.82, 2.24) is 5.32 Å². The van der Waals surface area contributed by atoms with Crippen LogP contribution in [0.3, 0.4) is 0 Å². The van der Waals surface area contributed by atoms with Crippen molar-refractivity contribution in [2.24, 2.45) is 0 Å². The molecule has 0 unspecified atom stereocenters. The molecule has 1 saturated heterocycles. The van der Waals surface area contributed by atoms with E-state index in [0.29, 0.717) is 11.8 Å². The predicted octanol–water partition coefficient (Wildman–Crippen LogP) is 3.10. The van der Waals surface area contributed by atoms with E-state index >= 15 is 0 Å². The molecule has 1 aromatic rings. The van der Waals surface area contributed by atoms with Crippen LogP contribution in [-0.2, 0) is 4.74 Å². The zero-order valence-electron chi connectivity index (χ0n) is 11.5. The van der Waals surface area contributed by atoms with Gasteiger partial charge in [0, 0.05) is 23.3 Å². The maximum absolute atomic E-state index is 12.2. The first-order valence-corrected chi connectivity index (χ1v) is 7.70. The van der Waals surface area contributed by atoms with Crippen LogP contribution >= 0.6 is 11.8 Å². The Labute approximate surface area is 119 Å². The highest BCUT2D eigenvalue weighted by molar-refractivity contribution is 8.00. The van der Waals surface area contributed by atoms with Crippen LogP contribution in [0.2, 0.25) is 0 Å². The van der Waals surface area contributed by atoms with Crippen LogP contribution in [0.4, 0.5) is 0 Å². The fourth-order valence-electron chi connectivity index (χ4n) is 2.12. The van der Waals surface area contributed by atoms with Crippen molar-refractivity contribution < 1.29 is 9.53 Å². The van der Waals surface area contributed by atoms with E-state index in [9.17, 15) is 4.79 Å². The van der Waals surface area contributed by atoms with Crippen molar-refractivity contribution in [3.05, 3.63) is 29.8 Å². The van der Waals surface area contributed by atoms with E-state index in [0.717, 1.165) is 29.9 Å². The number of hydrogen-bond donors (Lipinski definition) is 1. The molecule has 1 aliphatic rings. The summed E-state index contributed by atoms with van der Waals surface area (Å²) in [5.74, 6) is -0.000694. The predicted molar refractivity (Wildman–Crippen MR) is 78.7 cm³/mol. The highest BCUT2D eigenvalue weighted by Gasteiger charge is 2.18. The van der Waals surface area contributed by atoms with Crippen molar-refractivity contribution in [2.45, 2.75) is 42.9 Å². The molecule has 2 rings (SSSR count). The van der Waals surface area contributed by atoms with Crippen molar-refractivity contribution >= 4 is 17.7 Å². The highest BCUT2D eigenvalue weighted by atomic mass is 32.2. The largest absolute Gasteiger partial charge is 0.376 e. The zero-order valence-corrected chi connectivity index (χ0v) is 12.3. The molecule has 0 spiro atoms. The summed E-state index contributed by atoms with van der Waals surface area (Å²) in [6.45, 7) is 5.69. The zero-order chi connectivity index (χ0) is 13.7. The SMILES string of the molecule is CC(C)Sc1ccccc1C(=O)NC[C@H]1CCCO1.